The second-order valence-electron chi connectivity index (χ2n) is 6.06. The number of benzene rings is 1. The number of ether oxygens (including phenoxy) is 1. The number of carbonyl (C=O) groups excluding carboxylic acids is 2. The molecule has 0 aliphatic carbocycles. The summed E-state index contributed by atoms with van der Waals surface area (Å²) in [5, 5.41) is 0.0242. The molecular weight excluding hydrogens is 328 g/mol. The summed E-state index contributed by atoms with van der Waals surface area (Å²) in [7, 11) is 1.57. The lowest BCUT2D eigenvalue weighted by molar-refractivity contribution is -0.121. The molecule has 1 saturated heterocycles. The second kappa shape index (κ2) is 6.85. The van der Waals surface area contributed by atoms with Crippen LogP contribution in [0.2, 0.25) is 0 Å². The highest BCUT2D eigenvalue weighted by Gasteiger charge is 2.43. The van der Waals surface area contributed by atoms with Gasteiger partial charge in [0, 0.05) is 12.6 Å². The number of imide groups is 1. The van der Waals surface area contributed by atoms with Gasteiger partial charge in [-0.3, -0.25) is 9.59 Å². The summed E-state index contributed by atoms with van der Waals surface area (Å²) in [5.74, 6) is -0.128. The van der Waals surface area contributed by atoms with Crippen LogP contribution in [0.5, 0.6) is 5.75 Å². The van der Waals surface area contributed by atoms with Crippen molar-refractivity contribution in [2.45, 2.75) is 38.6 Å². The average Bonchev–Trinajstić information content (AvgIpc) is 2.84. The fourth-order valence-corrected chi connectivity index (χ4v) is 3.70. The Balaban J connectivity index is 1.92. The summed E-state index contributed by atoms with van der Waals surface area (Å²) in [6, 6.07) is 7.08. The van der Waals surface area contributed by atoms with Gasteiger partial charge in [0.15, 0.2) is 0 Å². The lowest BCUT2D eigenvalue weighted by atomic mass is 9.99. The maximum Gasteiger partial charge on any atom is 0.283 e. The van der Waals surface area contributed by atoms with Crippen molar-refractivity contribution in [3.8, 4) is 5.75 Å². The largest absolute Gasteiger partial charge is 0.497 e. The molecule has 5 nitrogen and oxygen atoms in total. The third kappa shape index (κ3) is 2.77. The molecule has 0 spiro atoms. The Kier molecular flexibility index (Phi) is 4.81. The highest BCUT2D eigenvalue weighted by Crippen LogP contribution is 2.35. The summed E-state index contributed by atoms with van der Waals surface area (Å²) in [4.78, 5) is 28.7. The molecule has 1 atom stereocenters. The predicted molar refractivity (Wildman–Crippen MR) is 93.0 cm³/mol. The fourth-order valence-electron chi connectivity index (χ4n) is 3.43. The van der Waals surface area contributed by atoms with Crippen LogP contribution in [0.1, 0.15) is 32.6 Å². The number of hydrogen-bond donors (Lipinski definition) is 0. The van der Waals surface area contributed by atoms with Crippen LogP contribution in [0.3, 0.4) is 0 Å². The van der Waals surface area contributed by atoms with Crippen molar-refractivity contribution in [3.05, 3.63) is 35.0 Å². The number of rotatable bonds is 4. The van der Waals surface area contributed by atoms with Crippen molar-refractivity contribution in [1.29, 1.82) is 0 Å². The Morgan fingerprint density at radius 1 is 1.17 bits per heavy atom. The van der Waals surface area contributed by atoms with E-state index in [9.17, 15) is 9.59 Å². The number of likely N-dealkylation sites (tertiary alicyclic amines) is 1. The van der Waals surface area contributed by atoms with E-state index in [2.05, 4.69) is 6.92 Å². The first kappa shape index (κ1) is 16.8. The lowest BCUT2D eigenvalue weighted by Crippen LogP contribution is -2.42. The lowest BCUT2D eigenvalue weighted by Gasteiger charge is -2.37. The first-order valence-electron chi connectivity index (χ1n) is 8.27. The van der Waals surface area contributed by atoms with E-state index in [1.54, 1.807) is 31.4 Å². The third-order valence-electron chi connectivity index (χ3n) is 4.72. The van der Waals surface area contributed by atoms with Crippen LogP contribution in [0, 0.1) is 0 Å². The number of halogens is 1. The highest BCUT2D eigenvalue weighted by atomic mass is 35.5. The molecule has 0 bridgehead atoms. The number of hydrogen-bond acceptors (Lipinski definition) is 4. The summed E-state index contributed by atoms with van der Waals surface area (Å²) in [6.07, 6.45) is 4.10. The van der Waals surface area contributed by atoms with E-state index in [-0.39, 0.29) is 17.0 Å². The van der Waals surface area contributed by atoms with Crippen molar-refractivity contribution < 1.29 is 14.3 Å². The molecule has 0 aromatic heterocycles. The van der Waals surface area contributed by atoms with E-state index >= 15 is 0 Å². The maximum absolute atomic E-state index is 12.9. The number of nitrogens with zero attached hydrogens (tertiary/aromatic N) is 2. The van der Waals surface area contributed by atoms with Gasteiger partial charge < -0.3 is 9.64 Å². The van der Waals surface area contributed by atoms with Crippen molar-refractivity contribution >= 4 is 29.1 Å². The molecule has 0 N–H and O–H groups in total. The Labute approximate surface area is 146 Å². The molecule has 2 amide bonds. The van der Waals surface area contributed by atoms with Crippen LogP contribution >= 0.6 is 11.6 Å². The summed E-state index contributed by atoms with van der Waals surface area (Å²) in [6.45, 7) is 2.86. The predicted octanol–water partition coefficient (Wildman–Crippen LogP) is 3.28. The van der Waals surface area contributed by atoms with Crippen LogP contribution in [0.15, 0.2) is 35.0 Å². The Morgan fingerprint density at radius 2 is 1.88 bits per heavy atom. The van der Waals surface area contributed by atoms with Crippen LogP contribution in [0.25, 0.3) is 0 Å². The summed E-state index contributed by atoms with van der Waals surface area (Å²) < 4.78 is 5.12. The standard InChI is InChI=1S/C18H21ClN2O3/c1-3-12-6-4-5-11-20(12)16-15(19)17(22)21(18(16)23)13-7-9-14(24-2)10-8-13/h7-10,12H,3-6,11H2,1-2H3/t12-/m1/s1. The third-order valence-corrected chi connectivity index (χ3v) is 5.06. The maximum atomic E-state index is 12.9. The molecule has 3 rings (SSSR count). The number of amides is 2. The zero-order valence-electron chi connectivity index (χ0n) is 13.9. The molecule has 6 heteroatoms. The van der Waals surface area contributed by atoms with E-state index in [1.165, 1.54) is 0 Å². The van der Waals surface area contributed by atoms with Crippen LogP contribution in [-0.2, 0) is 9.59 Å². The first-order valence-corrected chi connectivity index (χ1v) is 8.65. The molecule has 2 heterocycles. The first-order chi connectivity index (χ1) is 11.6. The van der Waals surface area contributed by atoms with Gasteiger partial charge in [0.25, 0.3) is 11.8 Å². The van der Waals surface area contributed by atoms with E-state index in [1.807, 2.05) is 4.90 Å². The zero-order chi connectivity index (χ0) is 17.3. The molecule has 24 heavy (non-hydrogen) atoms. The number of methoxy groups -OCH3 is 1. The van der Waals surface area contributed by atoms with Gasteiger partial charge >= 0.3 is 0 Å². The second-order valence-corrected chi connectivity index (χ2v) is 6.44. The van der Waals surface area contributed by atoms with E-state index in [4.69, 9.17) is 16.3 Å². The number of anilines is 1. The molecule has 1 aromatic rings. The fraction of sp³-hybridized carbons (Fsp3) is 0.444. The average molecular weight is 349 g/mol. The SMILES string of the molecule is CC[C@@H]1CCCCN1C1=C(Cl)C(=O)N(c2ccc(OC)cc2)C1=O. The minimum Gasteiger partial charge on any atom is -0.497 e. The van der Waals surface area contributed by atoms with E-state index in [0.29, 0.717) is 17.1 Å². The van der Waals surface area contributed by atoms with Crippen molar-refractivity contribution in [2.24, 2.45) is 0 Å². The summed E-state index contributed by atoms with van der Waals surface area (Å²) in [5.41, 5.74) is 0.855. The highest BCUT2D eigenvalue weighted by molar-refractivity contribution is 6.52. The zero-order valence-corrected chi connectivity index (χ0v) is 14.7. The minimum absolute atomic E-state index is 0.0242. The minimum atomic E-state index is -0.456. The molecule has 0 unspecified atom stereocenters. The van der Waals surface area contributed by atoms with Crippen LogP contribution in [-0.4, -0.2) is 36.4 Å². The topological polar surface area (TPSA) is 49.9 Å². The molecule has 128 valence electrons. The van der Waals surface area contributed by atoms with Crippen molar-refractivity contribution in [3.63, 3.8) is 0 Å². The molecule has 1 aromatic carbocycles. The molecule has 2 aliphatic heterocycles. The monoisotopic (exact) mass is 348 g/mol. The molecule has 0 saturated carbocycles. The van der Waals surface area contributed by atoms with Gasteiger partial charge in [-0.15, -0.1) is 0 Å². The van der Waals surface area contributed by atoms with Gasteiger partial charge in [0.05, 0.1) is 12.8 Å². The van der Waals surface area contributed by atoms with Gasteiger partial charge in [-0.05, 0) is 49.9 Å². The molecule has 2 aliphatic rings. The number of piperidine rings is 1. The summed E-state index contributed by atoms with van der Waals surface area (Å²) >= 11 is 6.28. The molecular formula is C18H21ClN2O3. The van der Waals surface area contributed by atoms with E-state index in [0.717, 1.165) is 37.1 Å². The van der Waals surface area contributed by atoms with Gasteiger partial charge in [0.2, 0.25) is 0 Å². The van der Waals surface area contributed by atoms with E-state index < -0.39 is 5.91 Å². The Morgan fingerprint density at radius 3 is 2.50 bits per heavy atom. The normalized spacial score (nSPS) is 21.7. The van der Waals surface area contributed by atoms with Crippen molar-refractivity contribution in [2.75, 3.05) is 18.6 Å². The Bertz CT molecular complexity index is 684. The van der Waals surface area contributed by atoms with Gasteiger partial charge in [-0.2, -0.15) is 0 Å². The smallest absolute Gasteiger partial charge is 0.283 e. The van der Waals surface area contributed by atoms with Crippen LogP contribution < -0.4 is 9.64 Å². The quantitative estimate of drug-likeness (QED) is 0.783. The molecule has 0 radical (unpaired) electrons. The van der Waals surface area contributed by atoms with Gasteiger partial charge in [-0.25, -0.2) is 4.90 Å². The Hall–Kier alpha value is -2.01. The van der Waals surface area contributed by atoms with Crippen LogP contribution in [0.4, 0.5) is 5.69 Å². The number of carbonyl (C=O) groups is 2. The van der Waals surface area contributed by atoms with Crippen molar-refractivity contribution in [1.82, 2.24) is 4.90 Å². The molecule has 1 fully saturated rings. The van der Waals surface area contributed by atoms with Gasteiger partial charge in [0.1, 0.15) is 16.5 Å². The van der Waals surface area contributed by atoms with Gasteiger partial charge in [-0.1, -0.05) is 18.5 Å².